The van der Waals surface area contributed by atoms with Crippen LogP contribution < -0.4 is 4.90 Å². The zero-order chi connectivity index (χ0) is 16.2. The molecule has 1 aromatic carbocycles. The van der Waals surface area contributed by atoms with Crippen LogP contribution in [0.1, 0.15) is 45.1 Å². The second-order valence-electron chi connectivity index (χ2n) is 5.94. The fourth-order valence-electron chi connectivity index (χ4n) is 2.91. The van der Waals surface area contributed by atoms with Crippen LogP contribution in [0, 0.1) is 0 Å². The van der Waals surface area contributed by atoms with Crippen molar-refractivity contribution < 1.29 is 13.2 Å². The monoisotopic (exact) mass is 323 g/mol. The average Bonchev–Trinajstić information content (AvgIpc) is 2.86. The van der Waals surface area contributed by atoms with E-state index in [0.717, 1.165) is 24.9 Å². The van der Waals surface area contributed by atoms with Gasteiger partial charge < -0.3 is 4.90 Å². The molecular weight excluding hydrogens is 298 g/mol. The van der Waals surface area contributed by atoms with E-state index in [-0.39, 0.29) is 23.5 Å². The van der Waals surface area contributed by atoms with Gasteiger partial charge in [-0.2, -0.15) is 0 Å². The van der Waals surface area contributed by atoms with E-state index in [0.29, 0.717) is 12.8 Å². The fraction of sp³-hybridized carbons (Fsp3) is 0.588. The molecule has 0 radical (unpaired) electrons. The van der Waals surface area contributed by atoms with Gasteiger partial charge in [-0.25, -0.2) is 8.42 Å². The molecule has 2 rings (SSSR count). The largest absolute Gasteiger partial charge is 0.308 e. The van der Waals surface area contributed by atoms with Gasteiger partial charge in [0.25, 0.3) is 0 Å². The topological polar surface area (TPSA) is 54.5 Å². The van der Waals surface area contributed by atoms with Crippen LogP contribution in [0.4, 0.5) is 5.69 Å². The molecule has 1 amide bonds. The van der Waals surface area contributed by atoms with Crippen LogP contribution in [-0.4, -0.2) is 31.9 Å². The Morgan fingerprint density at radius 1 is 1.23 bits per heavy atom. The Kier molecular flexibility index (Phi) is 5.62. The van der Waals surface area contributed by atoms with Crippen LogP contribution in [0.25, 0.3) is 0 Å². The first kappa shape index (κ1) is 17.0. The van der Waals surface area contributed by atoms with E-state index in [2.05, 4.69) is 6.92 Å². The molecule has 1 saturated heterocycles. The van der Waals surface area contributed by atoms with E-state index in [1.54, 1.807) is 4.90 Å². The summed E-state index contributed by atoms with van der Waals surface area (Å²) in [5.74, 6) is 0.249. The lowest BCUT2D eigenvalue weighted by Crippen LogP contribution is -2.41. The first-order chi connectivity index (χ1) is 10.5. The first-order valence-corrected chi connectivity index (χ1v) is 9.90. The molecule has 1 aliphatic heterocycles. The quantitative estimate of drug-likeness (QED) is 0.809. The van der Waals surface area contributed by atoms with Crippen LogP contribution in [0.3, 0.4) is 0 Å². The van der Waals surface area contributed by atoms with Crippen molar-refractivity contribution in [3.8, 4) is 0 Å². The van der Waals surface area contributed by atoms with Gasteiger partial charge in [-0.1, -0.05) is 32.4 Å². The van der Waals surface area contributed by atoms with E-state index in [4.69, 9.17) is 0 Å². The number of anilines is 1. The van der Waals surface area contributed by atoms with E-state index in [9.17, 15) is 13.2 Å². The minimum atomic E-state index is -3.00. The number of hydrogen-bond acceptors (Lipinski definition) is 3. The van der Waals surface area contributed by atoms with Gasteiger partial charge in [0.1, 0.15) is 0 Å². The number of carbonyl (C=O) groups is 1. The highest BCUT2D eigenvalue weighted by atomic mass is 32.2. The molecule has 0 saturated carbocycles. The lowest BCUT2D eigenvalue weighted by Gasteiger charge is -2.28. The van der Waals surface area contributed by atoms with Gasteiger partial charge in [-0.3, -0.25) is 4.79 Å². The molecule has 1 heterocycles. The summed E-state index contributed by atoms with van der Waals surface area (Å²) in [5.41, 5.74) is 2.07. The molecule has 122 valence electrons. The second kappa shape index (κ2) is 7.27. The maximum absolute atomic E-state index is 12.3. The highest BCUT2D eigenvalue weighted by molar-refractivity contribution is 7.91. The molecule has 0 aliphatic carbocycles. The van der Waals surface area contributed by atoms with Crippen molar-refractivity contribution in [1.29, 1.82) is 0 Å². The summed E-state index contributed by atoms with van der Waals surface area (Å²) in [4.78, 5) is 14.0. The predicted octanol–water partition coefficient (Wildman–Crippen LogP) is 2.96. The van der Waals surface area contributed by atoms with E-state index in [1.165, 1.54) is 5.56 Å². The molecule has 0 bridgehead atoms. The Bertz CT molecular complexity index is 607. The number of benzene rings is 1. The van der Waals surface area contributed by atoms with Crippen molar-refractivity contribution in [3.05, 3.63) is 29.8 Å². The molecule has 5 heteroatoms. The average molecular weight is 323 g/mol. The number of amides is 1. The number of hydrogen-bond donors (Lipinski definition) is 0. The van der Waals surface area contributed by atoms with E-state index < -0.39 is 9.84 Å². The molecule has 1 unspecified atom stereocenters. The highest BCUT2D eigenvalue weighted by Crippen LogP contribution is 2.26. The Morgan fingerprint density at radius 3 is 2.41 bits per heavy atom. The summed E-state index contributed by atoms with van der Waals surface area (Å²) in [6.45, 7) is 3.98. The molecule has 1 atom stereocenters. The molecule has 4 nitrogen and oxygen atoms in total. The molecule has 0 aromatic heterocycles. The molecule has 1 fully saturated rings. The first-order valence-electron chi connectivity index (χ1n) is 8.08. The summed E-state index contributed by atoms with van der Waals surface area (Å²) < 4.78 is 23.4. The van der Waals surface area contributed by atoms with Gasteiger partial charge in [0.15, 0.2) is 9.84 Å². The fourth-order valence-corrected chi connectivity index (χ4v) is 4.61. The maximum atomic E-state index is 12.3. The third kappa shape index (κ3) is 4.09. The summed E-state index contributed by atoms with van der Waals surface area (Å²) >= 11 is 0. The number of carbonyl (C=O) groups excluding carboxylic acids is 1. The summed E-state index contributed by atoms with van der Waals surface area (Å²) in [7, 11) is -3.00. The summed E-state index contributed by atoms with van der Waals surface area (Å²) in [6, 6.07) is 7.76. The molecule has 1 aliphatic rings. The summed E-state index contributed by atoms with van der Waals surface area (Å²) in [5, 5.41) is 0. The zero-order valence-corrected chi connectivity index (χ0v) is 14.2. The van der Waals surface area contributed by atoms with E-state index in [1.807, 2.05) is 31.2 Å². The van der Waals surface area contributed by atoms with Crippen molar-refractivity contribution in [3.63, 3.8) is 0 Å². The van der Waals surface area contributed by atoms with Crippen molar-refractivity contribution in [2.24, 2.45) is 0 Å². The minimum Gasteiger partial charge on any atom is -0.308 e. The van der Waals surface area contributed by atoms with Gasteiger partial charge in [-0.05, 0) is 37.0 Å². The van der Waals surface area contributed by atoms with Crippen molar-refractivity contribution in [1.82, 2.24) is 0 Å². The van der Waals surface area contributed by atoms with Gasteiger partial charge >= 0.3 is 0 Å². The highest BCUT2D eigenvalue weighted by Gasteiger charge is 2.34. The Morgan fingerprint density at radius 2 is 1.91 bits per heavy atom. The smallest absolute Gasteiger partial charge is 0.226 e. The van der Waals surface area contributed by atoms with Gasteiger partial charge in [-0.15, -0.1) is 0 Å². The SMILES string of the molecule is CCCCc1ccc(N(C(=O)CC)C2CCS(=O)(=O)C2)cc1. The maximum Gasteiger partial charge on any atom is 0.226 e. The predicted molar refractivity (Wildman–Crippen MR) is 89.9 cm³/mol. The minimum absolute atomic E-state index is 0.0107. The lowest BCUT2D eigenvalue weighted by atomic mass is 10.1. The van der Waals surface area contributed by atoms with Gasteiger partial charge in [0, 0.05) is 12.1 Å². The molecular formula is C17H25NO3S. The molecule has 0 N–H and O–H groups in total. The molecule has 22 heavy (non-hydrogen) atoms. The van der Waals surface area contributed by atoms with Gasteiger partial charge in [0.05, 0.1) is 17.5 Å². The Balaban J connectivity index is 2.21. The van der Waals surface area contributed by atoms with E-state index >= 15 is 0 Å². The Labute approximate surface area is 133 Å². The normalized spacial score (nSPS) is 20.0. The van der Waals surface area contributed by atoms with Crippen LogP contribution >= 0.6 is 0 Å². The van der Waals surface area contributed by atoms with Gasteiger partial charge in [0.2, 0.25) is 5.91 Å². The summed E-state index contributed by atoms with van der Waals surface area (Å²) in [6.07, 6.45) is 4.26. The number of rotatable bonds is 6. The van der Waals surface area contributed by atoms with Crippen LogP contribution in [0.5, 0.6) is 0 Å². The number of sulfone groups is 1. The third-order valence-corrected chi connectivity index (χ3v) is 5.93. The van der Waals surface area contributed by atoms with Crippen molar-refractivity contribution in [2.75, 3.05) is 16.4 Å². The number of aryl methyl sites for hydroxylation is 1. The second-order valence-corrected chi connectivity index (χ2v) is 8.17. The lowest BCUT2D eigenvalue weighted by molar-refractivity contribution is -0.118. The number of nitrogens with zero attached hydrogens (tertiary/aromatic N) is 1. The van der Waals surface area contributed by atoms with Crippen molar-refractivity contribution >= 4 is 21.4 Å². The standard InChI is InChI=1S/C17H25NO3S/c1-3-5-6-14-7-9-15(10-8-14)18(17(19)4-2)16-11-12-22(20,21)13-16/h7-10,16H,3-6,11-13H2,1-2H3. The van der Waals surface area contributed by atoms with Crippen molar-refractivity contribution in [2.45, 2.75) is 52.0 Å². The van der Waals surface area contributed by atoms with Crippen LogP contribution in [0.2, 0.25) is 0 Å². The zero-order valence-electron chi connectivity index (χ0n) is 13.4. The molecule has 0 spiro atoms. The van der Waals surface area contributed by atoms with Crippen LogP contribution in [0.15, 0.2) is 24.3 Å². The third-order valence-electron chi connectivity index (χ3n) is 4.18. The van der Waals surface area contributed by atoms with Crippen LogP contribution in [-0.2, 0) is 21.1 Å². The number of unbranched alkanes of at least 4 members (excludes halogenated alkanes) is 1. The molecule has 1 aromatic rings. The Hall–Kier alpha value is -1.36.